The van der Waals surface area contributed by atoms with Gasteiger partial charge < -0.3 is 4.74 Å². The van der Waals surface area contributed by atoms with E-state index < -0.39 is 6.17 Å². The second-order valence-corrected chi connectivity index (χ2v) is 1.83. The van der Waals surface area contributed by atoms with Crippen LogP contribution in [0.2, 0.25) is 0 Å². The van der Waals surface area contributed by atoms with E-state index in [0.29, 0.717) is 12.8 Å². The predicted molar refractivity (Wildman–Crippen MR) is 35.6 cm³/mol. The third-order valence-electron chi connectivity index (χ3n) is 0.983. The molecule has 0 aliphatic carbocycles. The minimum atomic E-state index is -0.888. The average molecular weight is 398 g/mol. The minimum absolute atomic E-state index is 0. The first kappa shape index (κ1) is 11.4. The Hall–Kier alpha value is -1.37. The van der Waals surface area contributed by atoms with E-state index >= 15 is 0 Å². The van der Waals surface area contributed by atoms with Gasteiger partial charge in [0.15, 0.2) is 0 Å². The van der Waals surface area contributed by atoms with Gasteiger partial charge in [-0.1, -0.05) is 6.08 Å². The fourth-order valence-electron chi connectivity index (χ4n) is 0.510. The van der Waals surface area contributed by atoms with Gasteiger partial charge >= 0.3 is 0 Å². The van der Waals surface area contributed by atoms with Gasteiger partial charge in [-0.2, -0.15) is 0 Å². The van der Waals surface area contributed by atoms with Gasteiger partial charge in [0, 0.05) is 6.61 Å². The molecule has 0 aliphatic heterocycles. The van der Waals surface area contributed by atoms with Crippen molar-refractivity contribution in [1.82, 2.24) is 0 Å². The van der Waals surface area contributed by atoms with Gasteiger partial charge in [-0.05, 0) is 12.8 Å². The van der Waals surface area contributed by atoms with Crippen LogP contribution in [0, 0.1) is 7.11 Å². The summed E-state index contributed by atoms with van der Waals surface area (Å²) in [5, 5.41) is 0. The summed E-state index contributed by atoms with van der Waals surface area (Å²) in [4.78, 5) is 0. The molecule has 0 aromatic carbocycles. The van der Waals surface area contributed by atoms with Gasteiger partial charge in [0.05, 0.1) is 0 Å². The maximum Gasteiger partial charge on any atom is 0.121 e. The van der Waals surface area contributed by atoms with E-state index in [1.54, 1.807) is 6.08 Å². The van der Waals surface area contributed by atoms with Crippen molar-refractivity contribution in [3.63, 3.8) is 0 Å². The Morgan fingerprint density at radius 1 is 1.70 bits per heavy atom. The van der Waals surface area contributed by atoms with Gasteiger partial charge in [0.2, 0.25) is 0 Å². The molecule has 0 bridgehead atoms. The fraction of sp³-hybridized carbons (Fsp3) is 0.571. The van der Waals surface area contributed by atoms with E-state index in [4.69, 9.17) is 0 Å². The second kappa shape index (κ2) is 7.63. The first-order valence-electron chi connectivity index (χ1n) is 2.93. The third-order valence-corrected chi connectivity index (χ3v) is 0.983. The zero-order valence-corrected chi connectivity index (χ0v) is 12.6. The topological polar surface area (TPSA) is 9.23 Å². The SMILES string of the molecule is C=CCCC(F)CO[CH2-].[Rf]. The Morgan fingerprint density at radius 3 is 2.70 bits per heavy atom. The van der Waals surface area contributed by atoms with Gasteiger partial charge in [-0.3, -0.25) is 0 Å². The predicted octanol–water partition coefficient (Wildman–Crippen LogP) is 2.10. The quantitative estimate of drug-likeness (QED) is 0.509. The van der Waals surface area contributed by atoms with Gasteiger partial charge in [-0.25, -0.2) is 11.5 Å². The largest absolute Gasteiger partial charge is 0.553 e. The molecule has 0 aliphatic rings. The maximum absolute atomic E-state index is 12.4. The molecule has 0 saturated carbocycles. The van der Waals surface area contributed by atoms with Crippen molar-refractivity contribution in [2.75, 3.05) is 6.61 Å². The maximum atomic E-state index is 12.4. The summed E-state index contributed by atoms with van der Waals surface area (Å²) < 4.78 is 16.7. The molecule has 1 atom stereocenters. The first-order valence-corrected chi connectivity index (χ1v) is 2.93. The summed E-state index contributed by atoms with van der Waals surface area (Å²) in [7, 11) is 3.07. The summed E-state index contributed by atoms with van der Waals surface area (Å²) >= 11 is 0. The molecular formula is C7H12FORf-. The molecular weight excluding hydrogens is 386 g/mol. The Bertz CT molecular complexity index is 78.0. The standard InChI is InChI=1S/C7H12FO.Rf/c1-3-4-5-7(8)6-9-2;/h3,7H,1-2,4-6H2;/q-1;. The number of allylic oxidation sites excluding steroid dienone is 1. The molecule has 0 rings (SSSR count). The molecule has 0 aromatic heterocycles. The van der Waals surface area contributed by atoms with Crippen molar-refractivity contribution in [2.45, 2.75) is 19.0 Å². The van der Waals surface area contributed by atoms with Gasteiger partial charge in [0.1, 0.15) is 6.17 Å². The van der Waals surface area contributed by atoms with E-state index in [-0.39, 0.29) is 6.61 Å². The number of rotatable bonds is 5. The van der Waals surface area contributed by atoms with Crippen LogP contribution in [0.5, 0.6) is 0 Å². The number of hydrogen-bond acceptors (Lipinski definition) is 1. The van der Waals surface area contributed by atoms with Crippen LogP contribution in [-0.2, 0) is 4.74 Å². The molecule has 0 saturated heterocycles. The summed E-state index contributed by atoms with van der Waals surface area (Å²) in [6.45, 7) is 3.56. The molecule has 0 radical (unpaired) electrons. The van der Waals surface area contributed by atoms with Crippen molar-refractivity contribution < 1.29 is 9.13 Å². The van der Waals surface area contributed by atoms with Crippen LogP contribution in [0.1, 0.15) is 12.8 Å². The van der Waals surface area contributed by atoms with Gasteiger partial charge in [-0.15, -0.1) is 6.58 Å². The van der Waals surface area contributed by atoms with E-state index in [1.807, 2.05) is 0 Å². The molecule has 56 valence electrons. The molecule has 0 aromatic rings. The van der Waals surface area contributed by atoms with E-state index in [2.05, 4.69) is 18.4 Å². The minimum Gasteiger partial charge on any atom is -0.553 e. The summed E-state index contributed by atoms with van der Waals surface area (Å²) in [6.07, 6.45) is 1.99. The van der Waals surface area contributed by atoms with Crippen LogP contribution in [0.15, 0.2) is 12.7 Å². The van der Waals surface area contributed by atoms with Crippen molar-refractivity contribution in [1.29, 1.82) is 0 Å². The molecule has 1 nitrogen and oxygen atoms in total. The van der Waals surface area contributed by atoms with Crippen LogP contribution >= 0.6 is 0 Å². The van der Waals surface area contributed by atoms with Crippen LogP contribution in [0.3, 0.4) is 0 Å². The third kappa shape index (κ3) is 6.63. The van der Waals surface area contributed by atoms with Crippen LogP contribution in [0.25, 0.3) is 0 Å². The fourth-order valence-corrected chi connectivity index (χ4v) is 0.510. The Labute approximate surface area is 55.5 Å². The number of hydrogen-bond donors (Lipinski definition) is 0. The smallest absolute Gasteiger partial charge is 0.121 e. The average Bonchev–Trinajstić information content (AvgIpc) is 1.85. The van der Waals surface area contributed by atoms with Crippen LogP contribution in [-0.4, -0.2) is 12.8 Å². The van der Waals surface area contributed by atoms with E-state index in [9.17, 15) is 4.39 Å². The van der Waals surface area contributed by atoms with Crippen molar-refractivity contribution >= 4 is 0 Å². The molecule has 0 spiro atoms. The molecule has 10 heavy (non-hydrogen) atoms. The summed E-state index contributed by atoms with van der Waals surface area (Å²) in [5.41, 5.74) is 0. The monoisotopic (exact) mass is 398 g/mol. The van der Waals surface area contributed by atoms with Crippen LogP contribution in [0.4, 0.5) is 4.39 Å². The zero-order valence-electron chi connectivity index (χ0n) is 6.18. The van der Waals surface area contributed by atoms with Crippen molar-refractivity contribution in [3.05, 3.63) is 19.8 Å². The van der Waals surface area contributed by atoms with E-state index in [0.717, 1.165) is 0 Å². The molecule has 0 N–H and O–H groups in total. The normalized spacial score (nSPS) is 11.8. The Kier molecular flexibility index (Phi) is 8.72. The summed E-state index contributed by atoms with van der Waals surface area (Å²) in [5.74, 6) is 0. The number of alkyl halides is 1. The van der Waals surface area contributed by atoms with Crippen LogP contribution < -0.4 is 0 Å². The van der Waals surface area contributed by atoms with E-state index in [1.165, 1.54) is 0 Å². The second-order valence-electron chi connectivity index (χ2n) is 1.83. The number of halogens is 1. The van der Waals surface area contributed by atoms with Crippen molar-refractivity contribution in [2.24, 2.45) is 0 Å². The zero-order chi connectivity index (χ0) is 7.11. The molecule has 0 amide bonds. The summed E-state index contributed by atoms with van der Waals surface area (Å²) in [6, 6.07) is 0. The number of ether oxygens (including phenoxy) is 1. The molecule has 3 heteroatoms. The first-order chi connectivity index (χ1) is 4.31. The molecule has 1 unspecified atom stereocenters. The van der Waals surface area contributed by atoms with Gasteiger partial charge in [0.25, 0.3) is 0 Å². The Balaban J connectivity index is 0. The Morgan fingerprint density at radius 2 is 2.30 bits per heavy atom. The molecule has 0 heterocycles. The van der Waals surface area contributed by atoms with Crippen molar-refractivity contribution in [3.8, 4) is 0 Å². The molecule has 0 fully saturated rings.